The fourth-order valence-corrected chi connectivity index (χ4v) is 4.16. The number of likely N-dealkylation sites (tertiary alicyclic amines) is 1. The van der Waals surface area contributed by atoms with E-state index in [2.05, 4.69) is 15.4 Å². The first kappa shape index (κ1) is 18.4. The van der Waals surface area contributed by atoms with Crippen molar-refractivity contribution >= 4 is 28.8 Å². The number of hydrogen-bond donors (Lipinski definition) is 1. The number of carbonyl (C=O) groups excluding carboxylic acids is 2. The van der Waals surface area contributed by atoms with Gasteiger partial charge in [0.05, 0.1) is 12.4 Å². The van der Waals surface area contributed by atoms with Gasteiger partial charge in [-0.15, -0.1) is 11.3 Å². The van der Waals surface area contributed by atoms with Gasteiger partial charge in [0.1, 0.15) is 9.88 Å². The molecule has 1 N–H and O–H groups in total. The van der Waals surface area contributed by atoms with Crippen LogP contribution >= 0.6 is 11.3 Å². The van der Waals surface area contributed by atoms with Gasteiger partial charge in [-0.2, -0.15) is 5.10 Å². The summed E-state index contributed by atoms with van der Waals surface area (Å²) in [6.45, 7) is 1.15. The number of benzene rings is 1. The maximum Gasteiger partial charge on any atom is 0.265 e. The van der Waals surface area contributed by atoms with Crippen molar-refractivity contribution < 1.29 is 9.59 Å². The minimum atomic E-state index is -0.0725. The maximum atomic E-state index is 12.8. The third-order valence-electron chi connectivity index (χ3n) is 4.86. The molecule has 4 rings (SSSR count). The van der Waals surface area contributed by atoms with Gasteiger partial charge in [0, 0.05) is 43.5 Å². The molecular weight excluding hydrogens is 374 g/mol. The van der Waals surface area contributed by atoms with Gasteiger partial charge >= 0.3 is 0 Å². The minimum absolute atomic E-state index is 0.0189. The van der Waals surface area contributed by atoms with Crippen LogP contribution in [0.25, 0.3) is 10.6 Å². The van der Waals surface area contributed by atoms with Crippen molar-refractivity contribution in [2.75, 3.05) is 18.4 Å². The number of hydrogen-bond acceptors (Lipinski definition) is 5. The highest BCUT2D eigenvalue weighted by Crippen LogP contribution is 2.27. The van der Waals surface area contributed by atoms with Crippen molar-refractivity contribution in [2.24, 2.45) is 13.0 Å². The molecule has 0 aliphatic carbocycles. The fraction of sp³-hybridized carbons (Fsp3) is 0.300. The van der Waals surface area contributed by atoms with Gasteiger partial charge < -0.3 is 10.2 Å². The van der Waals surface area contributed by atoms with Crippen LogP contribution < -0.4 is 5.32 Å². The van der Waals surface area contributed by atoms with Crippen LogP contribution in [0.2, 0.25) is 0 Å². The zero-order valence-electron chi connectivity index (χ0n) is 15.5. The van der Waals surface area contributed by atoms with Gasteiger partial charge in [-0.1, -0.05) is 18.2 Å². The average molecular weight is 395 g/mol. The Morgan fingerprint density at radius 1 is 1.14 bits per heavy atom. The number of amides is 2. The summed E-state index contributed by atoms with van der Waals surface area (Å²) in [4.78, 5) is 32.0. The lowest BCUT2D eigenvalue weighted by Crippen LogP contribution is -2.41. The lowest BCUT2D eigenvalue weighted by atomic mass is 9.95. The molecule has 144 valence electrons. The van der Waals surface area contributed by atoms with Crippen molar-refractivity contribution in [3.8, 4) is 10.6 Å². The summed E-state index contributed by atoms with van der Waals surface area (Å²) in [7, 11) is 1.85. The molecule has 1 aromatic carbocycles. The molecular formula is C20H21N5O2S. The highest BCUT2D eigenvalue weighted by molar-refractivity contribution is 7.16. The number of rotatable bonds is 4. The summed E-state index contributed by atoms with van der Waals surface area (Å²) >= 11 is 1.38. The monoisotopic (exact) mass is 395 g/mol. The number of carbonyl (C=O) groups is 2. The summed E-state index contributed by atoms with van der Waals surface area (Å²) in [5, 5.41) is 7.88. The molecule has 1 saturated heterocycles. The number of anilines is 1. The van der Waals surface area contributed by atoms with E-state index in [-0.39, 0.29) is 17.7 Å². The number of piperidine rings is 1. The standard InChI is InChI=1S/C20H21N5O2S/c1-24-13-15(11-22-24)19-21-12-17(28-19)20(27)25-9-7-14(8-10-25)18(26)23-16-5-3-2-4-6-16/h2-6,11-14H,7-10H2,1H3,(H,23,26). The number of nitrogens with zero attached hydrogens (tertiary/aromatic N) is 4. The van der Waals surface area contributed by atoms with E-state index in [0.29, 0.717) is 30.8 Å². The van der Waals surface area contributed by atoms with Gasteiger partial charge in [-0.3, -0.25) is 14.3 Å². The largest absolute Gasteiger partial charge is 0.338 e. The molecule has 0 atom stereocenters. The van der Waals surface area contributed by atoms with E-state index < -0.39 is 0 Å². The molecule has 1 fully saturated rings. The molecule has 2 aromatic heterocycles. The first-order valence-electron chi connectivity index (χ1n) is 9.20. The van der Waals surface area contributed by atoms with Crippen LogP contribution in [0.1, 0.15) is 22.5 Å². The van der Waals surface area contributed by atoms with Crippen LogP contribution in [0.4, 0.5) is 5.69 Å². The SMILES string of the molecule is Cn1cc(-c2ncc(C(=O)N3CCC(C(=O)Nc4ccccc4)CC3)s2)cn1. The van der Waals surface area contributed by atoms with E-state index in [4.69, 9.17) is 0 Å². The molecule has 28 heavy (non-hydrogen) atoms. The fourth-order valence-electron chi connectivity index (χ4n) is 3.30. The summed E-state index contributed by atoms with van der Waals surface area (Å²) in [6, 6.07) is 9.46. The summed E-state index contributed by atoms with van der Waals surface area (Å²) < 4.78 is 1.71. The Bertz CT molecular complexity index is 973. The third kappa shape index (κ3) is 3.96. The van der Waals surface area contributed by atoms with Crippen molar-refractivity contribution in [1.82, 2.24) is 19.7 Å². The predicted molar refractivity (Wildman–Crippen MR) is 108 cm³/mol. The van der Waals surface area contributed by atoms with E-state index in [1.54, 1.807) is 17.1 Å². The number of aromatic nitrogens is 3. The van der Waals surface area contributed by atoms with Crippen LogP contribution in [0.5, 0.6) is 0 Å². The summed E-state index contributed by atoms with van der Waals surface area (Å²) in [5.74, 6) is -0.0684. The van der Waals surface area contributed by atoms with Crippen molar-refractivity contribution in [3.05, 3.63) is 53.8 Å². The van der Waals surface area contributed by atoms with Crippen LogP contribution in [0.15, 0.2) is 48.9 Å². The Kier molecular flexibility index (Phi) is 5.21. The first-order valence-corrected chi connectivity index (χ1v) is 10.0. The third-order valence-corrected chi connectivity index (χ3v) is 5.90. The van der Waals surface area contributed by atoms with Crippen LogP contribution in [0.3, 0.4) is 0 Å². The molecule has 8 heteroatoms. The van der Waals surface area contributed by atoms with Crippen LogP contribution in [-0.4, -0.2) is 44.6 Å². The van der Waals surface area contributed by atoms with E-state index in [1.807, 2.05) is 48.5 Å². The highest BCUT2D eigenvalue weighted by atomic mass is 32.1. The Morgan fingerprint density at radius 3 is 2.57 bits per heavy atom. The smallest absolute Gasteiger partial charge is 0.265 e. The Balaban J connectivity index is 1.34. The molecule has 7 nitrogen and oxygen atoms in total. The summed E-state index contributed by atoms with van der Waals surface area (Å²) in [5.41, 5.74) is 1.71. The average Bonchev–Trinajstić information content (AvgIpc) is 3.37. The van der Waals surface area contributed by atoms with Crippen molar-refractivity contribution in [3.63, 3.8) is 0 Å². The molecule has 0 bridgehead atoms. The molecule has 1 aliphatic heterocycles. The minimum Gasteiger partial charge on any atom is -0.338 e. The number of thiazole rings is 1. The Hall–Kier alpha value is -3.00. The Morgan fingerprint density at radius 2 is 1.89 bits per heavy atom. The molecule has 3 heterocycles. The van der Waals surface area contributed by atoms with Gasteiger partial charge in [0.2, 0.25) is 5.91 Å². The first-order chi connectivity index (χ1) is 13.6. The zero-order valence-corrected chi connectivity index (χ0v) is 16.4. The highest BCUT2D eigenvalue weighted by Gasteiger charge is 2.28. The van der Waals surface area contributed by atoms with Gasteiger partial charge in [0.15, 0.2) is 0 Å². The molecule has 2 amide bonds. The van der Waals surface area contributed by atoms with Crippen LogP contribution in [0, 0.1) is 5.92 Å². The van der Waals surface area contributed by atoms with Gasteiger partial charge in [0.25, 0.3) is 5.91 Å². The van der Waals surface area contributed by atoms with E-state index in [1.165, 1.54) is 11.3 Å². The second-order valence-corrected chi connectivity index (χ2v) is 7.88. The molecule has 0 unspecified atom stereocenters. The van der Waals surface area contributed by atoms with E-state index in [0.717, 1.165) is 16.3 Å². The maximum absolute atomic E-state index is 12.8. The second-order valence-electron chi connectivity index (χ2n) is 6.85. The topological polar surface area (TPSA) is 80.1 Å². The number of aryl methyl sites for hydroxylation is 1. The number of nitrogens with one attached hydrogen (secondary N) is 1. The van der Waals surface area contributed by atoms with Crippen LogP contribution in [-0.2, 0) is 11.8 Å². The van der Waals surface area contributed by atoms with Gasteiger partial charge in [-0.25, -0.2) is 4.98 Å². The molecule has 3 aromatic rings. The number of para-hydroxylation sites is 1. The molecule has 0 spiro atoms. The van der Waals surface area contributed by atoms with E-state index >= 15 is 0 Å². The Labute approximate surface area is 167 Å². The van der Waals surface area contributed by atoms with Crippen molar-refractivity contribution in [1.29, 1.82) is 0 Å². The molecule has 0 radical (unpaired) electrons. The normalized spacial score (nSPS) is 14.8. The van der Waals surface area contributed by atoms with Gasteiger partial charge in [-0.05, 0) is 25.0 Å². The molecule has 1 aliphatic rings. The molecule has 0 saturated carbocycles. The quantitative estimate of drug-likeness (QED) is 0.736. The zero-order chi connectivity index (χ0) is 19.5. The lowest BCUT2D eigenvalue weighted by molar-refractivity contribution is -0.121. The summed E-state index contributed by atoms with van der Waals surface area (Å²) in [6.07, 6.45) is 6.58. The predicted octanol–water partition coefficient (Wildman–Crippen LogP) is 3.03. The lowest BCUT2D eigenvalue weighted by Gasteiger charge is -2.31. The van der Waals surface area contributed by atoms with E-state index in [9.17, 15) is 9.59 Å². The van der Waals surface area contributed by atoms with Crippen molar-refractivity contribution in [2.45, 2.75) is 12.8 Å². The second kappa shape index (κ2) is 7.93.